The van der Waals surface area contributed by atoms with Gasteiger partial charge in [-0.25, -0.2) is 4.79 Å². The summed E-state index contributed by atoms with van der Waals surface area (Å²) in [6, 6.07) is 0. The molecule has 0 bridgehead atoms. The molecule has 0 fully saturated rings. The molecule has 1 aliphatic carbocycles. The van der Waals surface area contributed by atoms with E-state index in [9.17, 15) is 14.7 Å². The number of carbonyl (C=O) groups is 2. The summed E-state index contributed by atoms with van der Waals surface area (Å²) in [7, 11) is 0. The minimum Gasteiger partial charge on any atom is -0.506 e. The highest BCUT2D eigenvalue weighted by Crippen LogP contribution is 2.34. The summed E-state index contributed by atoms with van der Waals surface area (Å²) in [6.45, 7) is 0.233. The fourth-order valence-electron chi connectivity index (χ4n) is 2.86. The molecule has 3 N–H and O–H groups in total. The molecule has 1 heterocycles. The lowest BCUT2D eigenvalue weighted by atomic mass is 9.87. The number of carboxylic acids is 1. The highest BCUT2D eigenvalue weighted by Gasteiger charge is 2.33. The van der Waals surface area contributed by atoms with Crippen molar-refractivity contribution in [1.82, 2.24) is 0 Å². The molecule has 0 radical (unpaired) electrons. The van der Waals surface area contributed by atoms with Crippen LogP contribution >= 0.6 is 0 Å². The number of aliphatic hydroxyl groups is 2. The molecule has 2 aliphatic rings. The van der Waals surface area contributed by atoms with E-state index in [1.807, 2.05) is 0 Å². The van der Waals surface area contributed by atoms with Crippen molar-refractivity contribution in [2.75, 3.05) is 6.61 Å². The van der Waals surface area contributed by atoms with Crippen LogP contribution in [0.4, 0.5) is 0 Å². The first kappa shape index (κ1) is 17.3. The van der Waals surface area contributed by atoms with Gasteiger partial charge >= 0.3 is 5.97 Å². The lowest BCUT2D eigenvalue weighted by Crippen LogP contribution is -2.24. The molecule has 0 aromatic carbocycles. The Labute approximate surface area is 134 Å². The lowest BCUT2D eigenvalue weighted by Gasteiger charge is -2.27. The topological polar surface area (TPSA) is 104 Å². The molecule has 0 aromatic rings. The zero-order valence-electron chi connectivity index (χ0n) is 13.0. The van der Waals surface area contributed by atoms with E-state index in [2.05, 4.69) is 0 Å². The van der Waals surface area contributed by atoms with Gasteiger partial charge in [-0.1, -0.05) is 19.3 Å². The number of rotatable bonds is 8. The normalized spacial score (nSPS) is 20.6. The number of allylic oxidation sites excluding steroid dienone is 2. The third kappa shape index (κ3) is 4.22. The number of aliphatic carboxylic acids is 1. The lowest BCUT2D eigenvalue weighted by molar-refractivity contribution is -0.134. The number of fused-ring (bicyclic) bond motifs is 1. The molecule has 0 unspecified atom stereocenters. The molecule has 23 heavy (non-hydrogen) atoms. The fraction of sp³-hybridized carbons (Fsp3) is 0.529. The van der Waals surface area contributed by atoms with E-state index in [0.29, 0.717) is 17.6 Å². The number of carboxylic acid groups (broad SMARTS) is 1. The van der Waals surface area contributed by atoms with Crippen LogP contribution in [-0.2, 0) is 14.3 Å². The number of unbranched alkanes of at least 4 members (excludes halogenated alkanes) is 4. The second kappa shape index (κ2) is 7.97. The van der Waals surface area contributed by atoms with Gasteiger partial charge in [-0.15, -0.1) is 0 Å². The van der Waals surface area contributed by atoms with Gasteiger partial charge in [0.15, 0.2) is 5.78 Å². The average molecular weight is 322 g/mol. The Hall–Kier alpha value is -2.08. The van der Waals surface area contributed by atoms with Crippen LogP contribution in [0, 0.1) is 0 Å². The van der Waals surface area contributed by atoms with Gasteiger partial charge in [-0.05, 0) is 30.9 Å². The van der Waals surface area contributed by atoms with Crippen molar-refractivity contribution < 1.29 is 29.6 Å². The highest BCUT2D eigenvalue weighted by molar-refractivity contribution is 6.23. The molecule has 0 spiro atoms. The maximum Gasteiger partial charge on any atom is 0.343 e. The average Bonchev–Trinajstić information content (AvgIpc) is 2.50. The molecule has 0 aromatic heterocycles. The first-order valence-electron chi connectivity index (χ1n) is 7.93. The maximum atomic E-state index is 11.8. The van der Waals surface area contributed by atoms with Crippen LogP contribution in [0.1, 0.15) is 44.9 Å². The predicted octanol–water partition coefficient (Wildman–Crippen LogP) is 2.40. The first-order valence-corrected chi connectivity index (χ1v) is 7.93. The number of aliphatic hydroxyl groups excluding tert-OH is 2. The Morgan fingerprint density at radius 2 is 1.91 bits per heavy atom. The summed E-state index contributed by atoms with van der Waals surface area (Å²) in [5, 5.41) is 27.6. The second-order valence-corrected chi connectivity index (χ2v) is 5.84. The van der Waals surface area contributed by atoms with Crippen molar-refractivity contribution in [3.63, 3.8) is 0 Å². The quantitative estimate of drug-likeness (QED) is 0.468. The van der Waals surface area contributed by atoms with Crippen LogP contribution in [0.3, 0.4) is 0 Å². The summed E-state index contributed by atoms with van der Waals surface area (Å²) < 4.78 is 5.57. The molecule has 0 amide bonds. The highest BCUT2D eigenvalue weighted by atomic mass is 16.5. The zero-order valence-corrected chi connectivity index (χ0v) is 13.0. The number of ether oxygens (including phenoxy) is 1. The molecule has 6 nitrogen and oxygen atoms in total. The molecule has 1 aliphatic heterocycles. The third-order valence-corrected chi connectivity index (χ3v) is 4.11. The summed E-state index contributed by atoms with van der Waals surface area (Å²) in [6.07, 6.45) is 8.88. The molecule has 0 saturated carbocycles. The van der Waals surface area contributed by atoms with Crippen LogP contribution in [0.5, 0.6) is 0 Å². The number of ketones is 1. The van der Waals surface area contributed by atoms with Crippen LogP contribution in [-0.4, -0.2) is 39.8 Å². The summed E-state index contributed by atoms with van der Waals surface area (Å²) in [5.41, 5.74) is 0.321. The van der Waals surface area contributed by atoms with Crippen molar-refractivity contribution in [1.29, 1.82) is 0 Å². The zero-order chi connectivity index (χ0) is 16.8. The van der Waals surface area contributed by atoms with Crippen LogP contribution in [0.25, 0.3) is 0 Å². The SMILES string of the molecule is O=C(O)C1=C(O)C2=CO[C@H](CCCCCCCO)CC2=CC1=O. The van der Waals surface area contributed by atoms with E-state index in [1.165, 1.54) is 12.3 Å². The summed E-state index contributed by atoms with van der Waals surface area (Å²) in [4.78, 5) is 22.8. The van der Waals surface area contributed by atoms with E-state index in [0.717, 1.165) is 38.5 Å². The van der Waals surface area contributed by atoms with Gasteiger partial charge in [-0.2, -0.15) is 0 Å². The van der Waals surface area contributed by atoms with E-state index in [1.54, 1.807) is 0 Å². The van der Waals surface area contributed by atoms with Gasteiger partial charge in [0.1, 0.15) is 17.4 Å². The molecule has 126 valence electrons. The number of hydrogen-bond donors (Lipinski definition) is 3. The van der Waals surface area contributed by atoms with Gasteiger partial charge in [0.25, 0.3) is 0 Å². The van der Waals surface area contributed by atoms with Crippen LogP contribution in [0.15, 0.2) is 34.8 Å². The van der Waals surface area contributed by atoms with E-state index in [-0.39, 0.29) is 12.7 Å². The van der Waals surface area contributed by atoms with Crippen molar-refractivity contribution in [3.8, 4) is 0 Å². The standard InChI is InChI=1S/C17H22O6/c18-7-5-3-1-2-4-6-12-8-11-9-14(19)15(17(21)22)16(20)13(11)10-23-12/h9-10,12,18,20H,1-8H2,(H,21,22)/t12-/m1/s1. The smallest absolute Gasteiger partial charge is 0.343 e. The van der Waals surface area contributed by atoms with Crippen molar-refractivity contribution in [3.05, 3.63) is 34.8 Å². The van der Waals surface area contributed by atoms with Crippen molar-refractivity contribution in [2.24, 2.45) is 0 Å². The van der Waals surface area contributed by atoms with E-state index >= 15 is 0 Å². The summed E-state index contributed by atoms with van der Waals surface area (Å²) >= 11 is 0. The second-order valence-electron chi connectivity index (χ2n) is 5.84. The van der Waals surface area contributed by atoms with Gasteiger partial charge in [0.05, 0.1) is 11.8 Å². The Bertz CT molecular complexity index is 570. The largest absolute Gasteiger partial charge is 0.506 e. The molecule has 0 saturated heterocycles. The number of carbonyl (C=O) groups excluding carboxylic acids is 1. The van der Waals surface area contributed by atoms with Crippen LogP contribution in [0.2, 0.25) is 0 Å². The minimum atomic E-state index is -1.44. The Morgan fingerprint density at radius 3 is 2.61 bits per heavy atom. The molecule has 6 heteroatoms. The molecule has 2 rings (SSSR count). The van der Waals surface area contributed by atoms with Crippen molar-refractivity contribution >= 4 is 11.8 Å². The Balaban J connectivity index is 1.91. The van der Waals surface area contributed by atoms with E-state index in [4.69, 9.17) is 14.9 Å². The predicted molar refractivity (Wildman–Crippen MR) is 82.7 cm³/mol. The summed E-state index contributed by atoms with van der Waals surface area (Å²) in [5.74, 6) is -2.62. The Morgan fingerprint density at radius 1 is 1.22 bits per heavy atom. The fourth-order valence-corrected chi connectivity index (χ4v) is 2.86. The monoisotopic (exact) mass is 322 g/mol. The van der Waals surface area contributed by atoms with Gasteiger partial charge in [-0.3, -0.25) is 4.79 Å². The molecule has 1 atom stereocenters. The van der Waals surface area contributed by atoms with Crippen molar-refractivity contribution in [2.45, 2.75) is 51.0 Å². The number of hydrogen-bond acceptors (Lipinski definition) is 5. The first-order chi connectivity index (χ1) is 11.0. The van der Waals surface area contributed by atoms with E-state index < -0.39 is 23.1 Å². The van der Waals surface area contributed by atoms with Gasteiger partial charge < -0.3 is 20.1 Å². The molecular weight excluding hydrogens is 300 g/mol. The third-order valence-electron chi connectivity index (χ3n) is 4.11. The van der Waals surface area contributed by atoms with Gasteiger partial charge in [0, 0.05) is 13.0 Å². The molecular formula is C17H22O6. The van der Waals surface area contributed by atoms with Crippen LogP contribution < -0.4 is 0 Å². The maximum absolute atomic E-state index is 11.8. The Kier molecular flexibility index (Phi) is 5.98. The minimum absolute atomic E-state index is 0.0604. The van der Waals surface area contributed by atoms with Gasteiger partial charge in [0.2, 0.25) is 0 Å².